The molecule has 3 aromatic rings. The Hall–Kier alpha value is -3.05. The molecule has 3 aliphatic rings. The maximum atomic E-state index is 13.3. The highest BCUT2D eigenvalue weighted by molar-refractivity contribution is 5.95. The Bertz CT molecular complexity index is 1360. The number of alkyl halides is 4. The number of anilines is 1. The number of pyridine rings is 1. The molecular weight excluding hydrogens is 512 g/mol. The number of halogens is 4. The largest absolute Gasteiger partial charge is 0.395 e. The number of aromatic nitrogens is 3. The van der Waals surface area contributed by atoms with Crippen molar-refractivity contribution >= 4 is 22.5 Å². The van der Waals surface area contributed by atoms with Crippen molar-refractivity contribution in [1.82, 2.24) is 24.6 Å². The van der Waals surface area contributed by atoms with E-state index in [2.05, 4.69) is 20.3 Å². The number of benzene rings is 1. The number of likely N-dealkylation sites (tertiary alicyclic amines) is 1. The number of carbonyl (C=O) groups excluding carboxylic acids is 1. The summed E-state index contributed by atoms with van der Waals surface area (Å²) < 4.78 is 54.8. The highest BCUT2D eigenvalue weighted by Crippen LogP contribution is 2.58. The van der Waals surface area contributed by atoms with E-state index in [0.29, 0.717) is 44.8 Å². The number of hydrogen-bond acceptors (Lipinski definition) is 5. The summed E-state index contributed by atoms with van der Waals surface area (Å²) in [5, 5.41) is 9.30. The Balaban J connectivity index is 1.11. The van der Waals surface area contributed by atoms with E-state index in [-0.39, 0.29) is 37.9 Å². The molecule has 0 bridgehead atoms. The van der Waals surface area contributed by atoms with Gasteiger partial charge in [-0.05, 0) is 61.9 Å². The van der Waals surface area contributed by atoms with Crippen LogP contribution in [0.25, 0.3) is 21.9 Å². The van der Waals surface area contributed by atoms with Crippen molar-refractivity contribution in [2.24, 2.45) is 11.3 Å². The standard InChI is InChI=1S/C28H32F4N6O/c29-7-10-36-11-12-38-24(17-36)23(16-34-38)20-1-2-21-15-33-25(14-22(21)13-20)35-26(39)19-3-8-37(9-4-19)18-27(5-6-27)28(30,31)32/h1-2,13-16,19H,3-12,17-18H2,(H,33,35,39). The molecule has 39 heavy (non-hydrogen) atoms. The van der Waals surface area contributed by atoms with Gasteiger partial charge in [-0.1, -0.05) is 12.1 Å². The van der Waals surface area contributed by atoms with E-state index in [1.54, 1.807) is 6.20 Å². The van der Waals surface area contributed by atoms with Crippen LogP contribution >= 0.6 is 0 Å². The fraction of sp³-hybridized carbons (Fsp3) is 0.536. The zero-order valence-corrected chi connectivity index (χ0v) is 21.7. The molecule has 208 valence electrons. The third kappa shape index (κ3) is 5.26. The Morgan fingerprint density at radius 1 is 1.03 bits per heavy atom. The van der Waals surface area contributed by atoms with E-state index in [0.717, 1.165) is 40.7 Å². The summed E-state index contributed by atoms with van der Waals surface area (Å²) in [7, 11) is 0. The second kappa shape index (κ2) is 10.2. The van der Waals surface area contributed by atoms with Gasteiger partial charge in [0.05, 0.1) is 23.9 Å². The van der Waals surface area contributed by atoms with Gasteiger partial charge < -0.3 is 10.2 Å². The maximum absolute atomic E-state index is 13.3. The van der Waals surface area contributed by atoms with E-state index in [1.165, 1.54) is 0 Å². The fourth-order valence-corrected chi connectivity index (χ4v) is 5.92. The van der Waals surface area contributed by atoms with Crippen molar-refractivity contribution in [3.63, 3.8) is 0 Å². The lowest BCUT2D eigenvalue weighted by Gasteiger charge is -2.34. The Morgan fingerprint density at radius 2 is 1.82 bits per heavy atom. The van der Waals surface area contributed by atoms with Gasteiger partial charge in [0, 0.05) is 49.2 Å². The van der Waals surface area contributed by atoms with Crippen LogP contribution in [0, 0.1) is 11.3 Å². The van der Waals surface area contributed by atoms with E-state index in [9.17, 15) is 22.4 Å². The molecule has 11 heteroatoms. The van der Waals surface area contributed by atoms with E-state index in [1.807, 2.05) is 40.0 Å². The van der Waals surface area contributed by atoms with Gasteiger partial charge in [-0.15, -0.1) is 0 Å². The van der Waals surface area contributed by atoms with Crippen molar-refractivity contribution in [2.75, 3.05) is 44.7 Å². The number of amides is 1. The van der Waals surface area contributed by atoms with E-state index in [4.69, 9.17) is 0 Å². The van der Waals surface area contributed by atoms with Crippen LogP contribution in [0.2, 0.25) is 0 Å². The minimum atomic E-state index is -4.16. The van der Waals surface area contributed by atoms with Gasteiger partial charge in [0.2, 0.25) is 5.91 Å². The number of fused-ring (bicyclic) bond motifs is 2. The second-order valence-electron chi connectivity index (χ2n) is 11.1. The number of hydrogen-bond donors (Lipinski definition) is 1. The highest BCUT2D eigenvalue weighted by atomic mass is 19.4. The van der Waals surface area contributed by atoms with Gasteiger partial charge in [0.1, 0.15) is 12.5 Å². The van der Waals surface area contributed by atoms with Crippen molar-refractivity contribution in [1.29, 1.82) is 0 Å². The van der Waals surface area contributed by atoms with Crippen LogP contribution in [0.5, 0.6) is 0 Å². The quantitative estimate of drug-likeness (QED) is 0.430. The zero-order valence-electron chi connectivity index (χ0n) is 21.7. The van der Waals surface area contributed by atoms with Gasteiger partial charge >= 0.3 is 6.18 Å². The van der Waals surface area contributed by atoms with E-state index >= 15 is 0 Å². The monoisotopic (exact) mass is 544 g/mol. The SMILES string of the molecule is O=C(Nc1cc2cc(-c3cnn4c3CN(CCF)CC4)ccc2cn1)C1CCN(CC2(C(F)(F)F)CC2)CC1. The summed E-state index contributed by atoms with van der Waals surface area (Å²) in [5.74, 6) is 0.0536. The molecule has 1 aromatic carbocycles. The molecule has 1 saturated heterocycles. The second-order valence-corrected chi connectivity index (χ2v) is 11.1. The first-order valence-electron chi connectivity index (χ1n) is 13.6. The number of nitrogens with zero attached hydrogens (tertiary/aromatic N) is 5. The number of piperidine rings is 1. The lowest BCUT2D eigenvalue weighted by molar-refractivity contribution is -0.192. The first-order chi connectivity index (χ1) is 18.7. The van der Waals surface area contributed by atoms with E-state index < -0.39 is 11.6 Å². The van der Waals surface area contributed by atoms with Gasteiger partial charge in [-0.25, -0.2) is 9.37 Å². The Labute approximate surface area is 224 Å². The first kappa shape index (κ1) is 26.2. The van der Waals surface area contributed by atoms with Crippen molar-refractivity contribution in [2.45, 2.75) is 44.9 Å². The maximum Gasteiger partial charge on any atom is 0.395 e. The molecule has 2 aromatic heterocycles. The van der Waals surface area contributed by atoms with Crippen LogP contribution in [-0.2, 0) is 17.9 Å². The third-order valence-electron chi connectivity index (χ3n) is 8.57. The molecule has 6 rings (SSSR count). The van der Waals surface area contributed by atoms with Crippen molar-refractivity contribution < 1.29 is 22.4 Å². The van der Waals surface area contributed by atoms with Crippen LogP contribution in [0.3, 0.4) is 0 Å². The molecule has 4 heterocycles. The summed E-state index contributed by atoms with van der Waals surface area (Å²) >= 11 is 0. The molecule has 0 radical (unpaired) electrons. The number of nitrogens with one attached hydrogen (secondary N) is 1. The average Bonchev–Trinajstić information content (AvgIpc) is 3.60. The van der Waals surface area contributed by atoms with Gasteiger partial charge in [-0.2, -0.15) is 18.3 Å². The molecule has 1 N–H and O–H groups in total. The molecule has 1 saturated carbocycles. The van der Waals surface area contributed by atoms with Gasteiger partial charge in [-0.3, -0.25) is 14.4 Å². The molecule has 1 aliphatic carbocycles. The summed E-state index contributed by atoms with van der Waals surface area (Å²) in [5.41, 5.74) is 1.52. The smallest absolute Gasteiger partial charge is 0.310 e. The predicted octanol–water partition coefficient (Wildman–Crippen LogP) is 4.88. The van der Waals surface area contributed by atoms with Crippen LogP contribution in [0.1, 0.15) is 31.4 Å². The lowest BCUT2D eigenvalue weighted by atomic mass is 9.94. The number of carbonyl (C=O) groups is 1. The Morgan fingerprint density at radius 3 is 2.54 bits per heavy atom. The van der Waals surface area contributed by atoms with Crippen molar-refractivity contribution in [3.05, 3.63) is 42.4 Å². The minimum Gasteiger partial charge on any atom is -0.310 e. The topological polar surface area (TPSA) is 66.3 Å². The molecule has 2 aliphatic heterocycles. The predicted molar refractivity (Wildman–Crippen MR) is 140 cm³/mol. The molecular formula is C28H32F4N6O. The van der Waals surface area contributed by atoms with Crippen LogP contribution in [0.15, 0.2) is 36.7 Å². The molecule has 2 fully saturated rings. The molecule has 0 spiro atoms. The Kier molecular flexibility index (Phi) is 6.83. The summed E-state index contributed by atoms with van der Waals surface area (Å²) in [6.07, 6.45) is 0.885. The highest BCUT2D eigenvalue weighted by Gasteiger charge is 2.63. The average molecular weight is 545 g/mol. The summed E-state index contributed by atoms with van der Waals surface area (Å²) in [6, 6.07) is 7.90. The third-order valence-corrected chi connectivity index (χ3v) is 8.57. The lowest BCUT2D eigenvalue weighted by Crippen LogP contribution is -2.44. The molecule has 0 atom stereocenters. The number of rotatable bonds is 7. The van der Waals surface area contributed by atoms with Gasteiger partial charge in [0.25, 0.3) is 0 Å². The zero-order chi connectivity index (χ0) is 27.2. The van der Waals surface area contributed by atoms with Crippen molar-refractivity contribution in [3.8, 4) is 11.1 Å². The minimum absolute atomic E-state index is 0.0356. The van der Waals surface area contributed by atoms with Crippen LogP contribution in [0.4, 0.5) is 23.4 Å². The van der Waals surface area contributed by atoms with Crippen LogP contribution < -0.4 is 5.32 Å². The summed E-state index contributed by atoms with van der Waals surface area (Å²) in [6.45, 7) is 3.19. The normalized spacial score (nSPS) is 20.2. The molecule has 1 amide bonds. The molecule has 7 nitrogen and oxygen atoms in total. The van der Waals surface area contributed by atoms with Gasteiger partial charge in [0.15, 0.2) is 0 Å². The fourth-order valence-electron chi connectivity index (χ4n) is 5.92. The first-order valence-corrected chi connectivity index (χ1v) is 13.6. The summed E-state index contributed by atoms with van der Waals surface area (Å²) in [4.78, 5) is 21.3. The van der Waals surface area contributed by atoms with Crippen LogP contribution in [-0.4, -0.2) is 76.0 Å². The molecule has 0 unspecified atom stereocenters.